The maximum absolute atomic E-state index is 10.7. The van der Waals surface area contributed by atoms with Gasteiger partial charge in [-0.3, -0.25) is 29.7 Å². The number of aromatic amines is 4. The van der Waals surface area contributed by atoms with Crippen LogP contribution in [0.2, 0.25) is 0 Å². The van der Waals surface area contributed by atoms with Gasteiger partial charge in [0, 0.05) is 45.2 Å². The molecule has 0 aliphatic heterocycles. The average molecular weight is 556 g/mol. The Balaban J connectivity index is 0.000000419. The quantitative estimate of drug-likeness (QED) is 0.0884. The van der Waals surface area contributed by atoms with Crippen LogP contribution < -0.4 is 22.4 Å². The molecule has 0 amide bonds. The molecule has 0 unspecified atom stereocenters. The van der Waals surface area contributed by atoms with E-state index in [1.54, 1.807) is 24.8 Å². The molecule has 0 aromatic carbocycles. The fourth-order valence-corrected chi connectivity index (χ4v) is 2.96. The number of hydrogen-bond acceptors (Lipinski definition) is 6. The molecular weight excluding hydrogens is 541 g/mol. The second-order valence-electron chi connectivity index (χ2n) is 5.78. The summed E-state index contributed by atoms with van der Waals surface area (Å²) in [7, 11) is -5.84. The first-order chi connectivity index (χ1) is 13.7. The Morgan fingerprint density at radius 2 is 0.968 bits per heavy atom. The summed E-state index contributed by atoms with van der Waals surface area (Å²) < 4.78 is 57.5. The van der Waals surface area contributed by atoms with Gasteiger partial charge < -0.3 is 0 Å². The van der Waals surface area contributed by atoms with Crippen LogP contribution >= 0.6 is 0 Å². The summed E-state index contributed by atoms with van der Waals surface area (Å²) in [4.78, 5) is 0. The van der Waals surface area contributed by atoms with E-state index in [9.17, 15) is 13.2 Å². The summed E-state index contributed by atoms with van der Waals surface area (Å²) in [6.45, 7) is 0. The van der Waals surface area contributed by atoms with Crippen molar-refractivity contribution in [1.29, 1.82) is 0 Å². The summed E-state index contributed by atoms with van der Waals surface area (Å²) in [5.74, 6) is 0. The monoisotopic (exact) mass is 555 g/mol. The van der Waals surface area contributed by atoms with Crippen molar-refractivity contribution in [2.24, 2.45) is 0 Å². The zero-order chi connectivity index (χ0) is 21.1. The number of alkyl halides is 3. The third-order valence-electron chi connectivity index (χ3n) is 4.16. The van der Waals surface area contributed by atoms with Crippen molar-refractivity contribution in [3.63, 3.8) is 0 Å². The van der Waals surface area contributed by atoms with E-state index in [0.29, 0.717) is 0 Å². The molecule has 0 saturated carbocycles. The molecule has 4 aromatic heterocycles. The van der Waals surface area contributed by atoms with E-state index in [-0.39, 0.29) is 25.1 Å². The van der Waals surface area contributed by atoms with Gasteiger partial charge in [-0.2, -0.15) is 21.6 Å². The third-order valence-corrected chi connectivity index (χ3v) is 4.74. The summed E-state index contributed by atoms with van der Waals surface area (Å²) >= 11 is 0. The molecule has 0 spiro atoms. The molecule has 31 heavy (non-hydrogen) atoms. The SMILES string of the molecule is F.O=S(=O)(O)C(F)(F)F.[Pd].c1cc([B-](c2cc[nH]n2)(c2cc[nH]n2)c2cc[nH]n2)n[nH]1. The molecule has 5 N–H and O–H groups in total. The molecule has 172 valence electrons. The molecule has 4 heterocycles. The second-order valence-corrected chi connectivity index (χ2v) is 7.20. The van der Waals surface area contributed by atoms with Gasteiger partial charge in [0.2, 0.25) is 0 Å². The fourth-order valence-electron chi connectivity index (χ4n) is 2.96. The van der Waals surface area contributed by atoms with E-state index in [1.165, 1.54) is 0 Å². The molecular formula is C13H14BF4N8O3PdS-. The minimum absolute atomic E-state index is 0. The Kier molecular flexibility index (Phi) is 8.46. The first kappa shape index (κ1) is 26.2. The standard InChI is InChI=1S/C12H12BN8.CHF3O3S.FH.Pd/c1-5-14-18-9(1)13(10-2-6-15-19-10,11-3-7-16-20-11)12-4-8-17-21-12;2-1(3,4)8(5,6)7;;/h1-8H,(H,14,18)(H,15,19)(H,16,20)(H,17,21);(H,5,6,7);1H;/q-1;;;. The topological polar surface area (TPSA) is 169 Å². The first-order valence-corrected chi connectivity index (χ1v) is 9.31. The van der Waals surface area contributed by atoms with E-state index < -0.39 is 21.8 Å². The number of aromatic nitrogens is 8. The number of H-pyrrole nitrogens is 4. The van der Waals surface area contributed by atoms with Gasteiger partial charge in [-0.05, 0) is 0 Å². The third kappa shape index (κ3) is 5.10. The predicted molar refractivity (Wildman–Crippen MR) is 98.7 cm³/mol. The van der Waals surface area contributed by atoms with Gasteiger partial charge in [0.05, 0.1) is 0 Å². The normalized spacial score (nSPS) is 11.6. The van der Waals surface area contributed by atoms with Crippen molar-refractivity contribution in [3.05, 3.63) is 49.1 Å². The van der Waals surface area contributed by atoms with Gasteiger partial charge in [0.25, 0.3) is 0 Å². The van der Waals surface area contributed by atoms with Crippen LogP contribution in [0.3, 0.4) is 0 Å². The van der Waals surface area contributed by atoms with Crippen molar-refractivity contribution < 1.29 is 51.3 Å². The van der Waals surface area contributed by atoms with Crippen LogP contribution in [0.25, 0.3) is 0 Å². The van der Waals surface area contributed by atoms with E-state index in [2.05, 4.69) is 40.8 Å². The molecule has 0 fully saturated rings. The summed E-state index contributed by atoms with van der Waals surface area (Å²) in [6.07, 6.45) is 5.53. The van der Waals surface area contributed by atoms with Crippen LogP contribution in [0.15, 0.2) is 49.1 Å². The maximum atomic E-state index is 10.7. The number of halogens is 4. The minimum atomic E-state index is -5.84. The molecule has 4 aromatic rings. The zero-order valence-corrected chi connectivity index (χ0v) is 17.4. The van der Waals surface area contributed by atoms with E-state index in [4.69, 9.17) is 13.0 Å². The Labute approximate surface area is 185 Å². The van der Waals surface area contributed by atoms with Crippen molar-refractivity contribution in [3.8, 4) is 0 Å². The summed E-state index contributed by atoms with van der Waals surface area (Å²) in [6, 6.07) is 7.71. The Morgan fingerprint density at radius 1 is 0.742 bits per heavy atom. The van der Waals surface area contributed by atoms with Gasteiger partial charge in [0.1, 0.15) is 0 Å². The van der Waals surface area contributed by atoms with Crippen LogP contribution in [-0.4, -0.2) is 65.4 Å². The number of rotatable bonds is 4. The smallest absolute Gasteiger partial charge is 0.289 e. The van der Waals surface area contributed by atoms with E-state index in [1.807, 2.05) is 24.3 Å². The molecule has 0 aliphatic carbocycles. The van der Waals surface area contributed by atoms with Crippen LogP contribution in [0, 0.1) is 0 Å². The predicted octanol–water partition coefficient (Wildman–Crippen LogP) is -1.50. The first-order valence-electron chi connectivity index (χ1n) is 7.87. The molecule has 0 radical (unpaired) electrons. The second kappa shape index (κ2) is 10.0. The molecule has 0 bridgehead atoms. The van der Waals surface area contributed by atoms with Gasteiger partial charge in [-0.25, -0.2) is 20.4 Å². The Hall–Kier alpha value is -2.80. The molecule has 18 heteroatoms. The summed E-state index contributed by atoms with van der Waals surface area (Å²) in [5, 5.41) is 29.1. The van der Waals surface area contributed by atoms with Gasteiger partial charge in [-0.1, -0.05) is 46.6 Å². The summed E-state index contributed by atoms with van der Waals surface area (Å²) in [5.41, 5.74) is -2.20. The van der Waals surface area contributed by atoms with Crippen LogP contribution in [0.4, 0.5) is 17.9 Å². The average Bonchev–Trinajstić information content (AvgIpc) is 3.44. The molecule has 0 atom stereocenters. The molecule has 4 rings (SSSR count). The zero-order valence-electron chi connectivity index (χ0n) is 15.0. The van der Waals surface area contributed by atoms with E-state index in [0.717, 1.165) is 22.4 Å². The molecule has 0 aliphatic rings. The van der Waals surface area contributed by atoms with Gasteiger partial charge in [-0.15, -0.1) is 0 Å². The number of nitrogens with zero attached hydrogens (tertiary/aromatic N) is 4. The maximum Gasteiger partial charge on any atom is 0.522 e. The molecule has 11 nitrogen and oxygen atoms in total. The van der Waals surface area contributed by atoms with Crippen molar-refractivity contribution in [1.82, 2.24) is 40.8 Å². The number of hydrogen-bond donors (Lipinski definition) is 5. The van der Waals surface area contributed by atoms with Crippen LogP contribution in [-0.2, 0) is 30.5 Å². The largest absolute Gasteiger partial charge is 0.522 e. The fraction of sp³-hybridized carbons (Fsp3) is 0.0769. The van der Waals surface area contributed by atoms with Crippen molar-refractivity contribution in [2.75, 3.05) is 0 Å². The van der Waals surface area contributed by atoms with Crippen molar-refractivity contribution in [2.45, 2.75) is 5.51 Å². The van der Waals surface area contributed by atoms with Crippen LogP contribution in [0.1, 0.15) is 0 Å². The van der Waals surface area contributed by atoms with Crippen molar-refractivity contribution >= 4 is 38.6 Å². The van der Waals surface area contributed by atoms with Gasteiger partial charge >= 0.3 is 15.6 Å². The van der Waals surface area contributed by atoms with Gasteiger partial charge in [0.15, 0.2) is 6.15 Å². The Bertz CT molecular complexity index is 978. The van der Waals surface area contributed by atoms with E-state index >= 15 is 0 Å². The van der Waals surface area contributed by atoms with Crippen LogP contribution in [0.5, 0.6) is 0 Å². The molecule has 0 saturated heterocycles. The number of nitrogens with one attached hydrogen (secondary N) is 4. The minimum Gasteiger partial charge on any atom is -0.289 e. The Morgan fingerprint density at radius 3 is 1.10 bits per heavy atom.